The molecule has 0 amide bonds. The summed E-state index contributed by atoms with van der Waals surface area (Å²) >= 11 is 0. The number of ether oxygens (including phenoxy) is 1. The monoisotopic (exact) mass is 232 g/mol. The quantitative estimate of drug-likeness (QED) is 0.570. The van der Waals surface area contributed by atoms with Gasteiger partial charge in [-0.15, -0.1) is 5.54 Å². The lowest BCUT2D eigenvalue weighted by Gasteiger charge is -2.05. The topological polar surface area (TPSA) is 9.23 Å². The predicted molar refractivity (Wildman–Crippen MR) is 72.5 cm³/mol. The Morgan fingerprint density at radius 2 is 2.00 bits per heavy atom. The highest BCUT2D eigenvalue weighted by Gasteiger charge is 2.07. The van der Waals surface area contributed by atoms with E-state index in [1.807, 2.05) is 24.3 Å². The van der Waals surface area contributed by atoms with Gasteiger partial charge in [0.2, 0.25) is 0 Å². The van der Waals surface area contributed by atoms with Gasteiger partial charge in [0.05, 0.1) is 6.61 Å². The van der Waals surface area contributed by atoms with E-state index in [-0.39, 0.29) is 0 Å². The van der Waals surface area contributed by atoms with Crippen LogP contribution in [0.25, 0.3) is 0 Å². The Kier molecular flexibility index (Phi) is 4.64. The molecule has 0 aliphatic carbocycles. The van der Waals surface area contributed by atoms with E-state index < -0.39 is 8.07 Å². The van der Waals surface area contributed by atoms with Crippen LogP contribution in [0.5, 0.6) is 5.75 Å². The Balaban J connectivity index is 2.77. The minimum absolute atomic E-state index is 0.769. The Morgan fingerprint density at radius 3 is 2.62 bits per heavy atom. The van der Waals surface area contributed by atoms with Crippen LogP contribution in [-0.2, 0) is 0 Å². The van der Waals surface area contributed by atoms with Crippen molar-refractivity contribution < 1.29 is 4.74 Å². The van der Waals surface area contributed by atoms with E-state index in [0.717, 1.165) is 24.3 Å². The van der Waals surface area contributed by atoms with Gasteiger partial charge in [0.15, 0.2) is 0 Å². The zero-order valence-electron chi connectivity index (χ0n) is 10.6. The maximum atomic E-state index is 5.57. The highest BCUT2D eigenvalue weighted by molar-refractivity contribution is 6.83. The first-order valence-corrected chi connectivity index (χ1v) is 9.27. The van der Waals surface area contributed by atoms with Gasteiger partial charge < -0.3 is 4.74 Å². The lowest BCUT2D eigenvalue weighted by atomic mass is 10.2. The average Bonchev–Trinajstić information content (AvgIpc) is 2.23. The number of benzene rings is 1. The van der Waals surface area contributed by atoms with Gasteiger partial charge in [0.25, 0.3) is 0 Å². The van der Waals surface area contributed by atoms with Crippen molar-refractivity contribution in [1.82, 2.24) is 0 Å². The molecule has 2 heteroatoms. The molecule has 0 aliphatic rings. The third-order valence-electron chi connectivity index (χ3n) is 1.89. The Bertz CT molecular complexity index is 393. The molecule has 1 nitrogen and oxygen atoms in total. The third-order valence-corrected chi connectivity index (χ3v) is 2.76. The smallest absolute Gasteiger partial charge is 0.129 e. The van der Waals surface area contributed by atoms with Crippen LogP contribution < -0.4 is 4.74 Å². The summed E-state index contributed by atoms with van der Waals surface area (Å²) < 4.78 is 5.57. The summed E-state index contributed by atoms with van der Waals surface area (Å²) in [6.07, 6.45) is 1.03. The van der Waals surface area contributed by atoms with E-state index in [2.05, 4.69) is 38.0 Å². The summed E-state index contributed by atoms with van der Waals surface area (Å²) in [6.45, 7) is 9.62. The second-order valence-corrected chi connectivity index (χ2v) is 9.63. The van der Waals surface area contributed by atoms with Crippen LogP contribution in [-0.4, -0.2) is 14.7 Å². The summed E-state index contributed by atoms with van der Waals surface area (Å²) in [4.78, 5) is 0. The fourth-order valence-corrected chi connectivity index (χ4v) is 1.66. The van der Waals surface area contributed by atoms with Gasteiger partial charge >= 0.3 is 0 Å². The van der Waals surface area contributed by atoms with Gasteiger partial charge in [0.1, 0.15) is 13.8 Å². The number of rotatable bonds is 3. The van der Waals surface area contributed by atoms with Crippen molar-refractivity contribution in [1.29, 1.82) is 0 Å². The Morgan fingerprint density at radius 1 is 1.25 bits per heavy atom. The molecule has 1 aromatic carbocycles. The summed E-state index contributed by atoms with van der Waals surface area (Å²) in [6, 6.07) is 8.03. The molecule has 0 aromatic heterocycles. The summed E-state index contributed by atoms with van der Waals surface area (Å²) in [7, 11) is -1.28. The van der Waals surface area contributed by atoms with Crippen molar-refractivity contribution in [3.63, 3.8) is 0 Å². The molecule has 0 bridgehead atoms. The standard InChI is InChI=1S/C14H20OSi/c1-5-10-15-14-8-6-7-13(12-14)9-11-16(2,3)4/h6-8,12H,5,10H2,1-4H3. The second-order valence-electron chi connectivity index (χ2n) is 4.88. The lowest BCUT2D eigenvalue weighted by Crippen LogP contribution is -2.16. The molecular formula is C14H20OSi. The van der Waals surface area contributed by atoms with Crippen molar-refractivity contribution in [2.45, 2.75) is 33.0 Å². The van der Waals surface area contributed by atoms with Crippen LogP contribution in [0.4, 0.5) is 0 Å². The van der Waals surface area contributed by atoms with Crippen LogP contribution >= 0.6 is 0 Å². The molecule has 0 N–H and O–H groups in total. The van der Waals surface area contributed by atoms with E-state index in [1.165, 1.54) is 0 Å². The largest absolute Gasteiger partial charge is 0.494 e. The SMILES string of the molecule is CCCOc1cccc(C#C[Si](C)(C)C)c1. The van der Waals surface area contributed by atoms with Crippen LogP contribution in [0.3, 0.4) is 0 Å². The zero-order chi connectivity index (χ0) is 12.0. The minimum atomic E-state index is -1.28. The average molecular weight is 232 g/mol. The molecule has 0 atom stereocenters. The van der Waals surface area contributed by atoms with Crippen LogP contribution in [0.1, 0.15) is 18.9 Å². The summed E-state index contributed by atoms with van der Waals surface area (Å²) in [5, 5.41) is 0. The van der Waals surface area contributed by atoms with Crippen LogP contribution in [0.15, 0.2) is 24.3 Å². The molecule has 0 fully saturated rings. The summed E-state index contributed by atoms with van der Waals surface area (Å²) in [5.41, 5.74) is 4.41. The first kappa shape index (κ1) is 12.9. The number of hydrogen-bond donors (Lipinski definition) is 0. The number of hydrogen-bond acceptors (Lipinski definition) is 1. The molecule has 0 spiro atoms. The fourth-order valence-electron chi connectivity index (χ4n) is 1.14. The Labute approximate surface area is 99.8 Å². The Hall–Kier alpha value is -1.20. The molecule has 0 saturated heterocycles. The second kappa shape index (κ2) is 5.76. The molecule has 1 rings (SSSR count). The molecule has 1 aromatic rings. The first-order valence-electron chi connectivity index (χ1n) is 5.77. The van der Waals surface area contributed by atoms with Crippen LogP contribution in [0, 0.1) is 11.5 Å². The van der Waals surface area contributed by atoms with Gasteiger partial charge in [-0.05, 0) is 24.6 Å². The lowest BCUT2D eigenvalue weighted by molar-refractivity contribution is 0.317. The van der Waals surface area contributed by atoms with E-state index in [4.69, 9.17) is 4.74 Å². The van der Waals surface area contributed by atoms with Crippen molar-refractivity contribution in [3.05, 3.63) is 29.8 Å². The molecule has 86 valence electrons. The van der Waals surface area contributed by atoms with Crippen molar-refractivity contribution in [2.75, 3.05) is 6.61 Å². The normalized spacial score (nSPS) is 10.5. The summed E-state index contributed by atoms with van der Waals surface area (Å²) in [5.74, 6) is 4.15. The van der Waals surface area contributed by atoms with Gasteiger partial charge in [0, 0.05) is 5.56 Å². The van der Waals surface area contributed by atoms with E-state index in [9.17, 15) is 0 Å². The maximum absolute atomic E-state index is 5.57. The maximum Gasteiger partial charge on any atom is 0.129 e. The van der Waals surface area contributed by atoms with Gasteiger partial charge in [-0.25, -0.2) is 0 Å². The first-order chi connectivity index (χ1) is 7.51. The molecule has 16 heavy (non-hydrogen) atoms. The van der Waals surface area contributed by atoms with E-state index >= 15 is 0 Å². The van der Waals surface area contributed by atoms with E-state index in [1.54, 1.807) is 0 Å². The van der Waals surface area contributed by atoms with Crippen LogP contribution in [0.2, 0.25) is 19.6 Å². The van der Waals surface area contributed by atoms with Crippen molar-refractivity contribution in [3.8, 4) is 17.2 Å². The molecule has 0 heterocycles. The van der Waals surface area contributed by atoms with Gasteiger partial charge in [-0.2, -0.15) is 0 Å². The predicted octanol–water partition coefficient (Wildman–Crippen LogP) is 3.70. The van der Waals surface area contributed by atoms with Crippen molar-refractivity contribution >= 4 is 8.07 Å². The highest BCUT2D eigenvalue weighted by Crippen LogP contribution is 2.13. The highest BCUT2D eigenvalue weighted by atomic mass is 28.3. The third kappa shape index (κ3) is 5.04. The fraction of sp³-hybridized carbons (Fsp3) is 0.429. The van der Waals surface area contributed by atoms with Gasteiger partial charge in [-0.3, -0.25) is 0 Å². The molecule has 0 radical (unpaired) electrons. The molecule has 0 unspecified atom stereocenters. The van der Waals surface area contributed by atoms with Crippen molar-refractivity contribution in [2.24, 2.45) is 0 Å². The zero-order valence-corrected chi connectivity index (χ0v) is 11.6. The minimum Gasteiger partial charge on any atom is -0.494 e. The van der Waals surface area contributed by atoms with Gasteiger partial charge in [-0.1, -0.05) is 38.6 Å². The van der Waals surface area contributed by atoms with E-state index in [0.29, 0.717) is 0 Å². The molecule has 0 aliphatic heterocycles. The molecule has 0 saturated carbocycles. The molecular weight excluding hydrogens is 212 g/mol.